The molecule has 0 unspecified atom stereocenters. The van der Waals surface area contributed by atoms with Gasteiger partial charge in [-0.15, -0.1) is 11.3 Å². The zero-order valence-electron chi connectivity index (χ0n) is 14.0. The number of hydrogen-bond acceptors (Lipinski definition) is 5. The summed E-state index contributed by atoms with van der Waals surface area (Å²) in [5, 5.41) is 12.3. The summed E-state index contributed by atoms with van der Waals surface area (Å²) >= 11 is 7.45. The summed E-state index contributed by atoms with van der Waals surface area (Å²) in [6.45, 7) is 1.58. The van der Waals surface area contributed by atoms with Crippen molar-refractivity contribution in [2.45, 2.75) is 32.3 Å². The van der Waals surface area contributed by atoms with Crippen LogP contribution in [0.2, 0.25) is 5.02 Å². The molecule has 1 heterocycles. The van der Waals surface area contributed by atoms with Crippen LogP contribution in [0.15, 0.2) is 18.2 Å². The largest absolute Gasteiger partial charge is 0.479 e. The van der Waals surface area contributed by atoms with Crippen LogP contribution in [0.4, 0.5) is 5.00 Å². The minimum absolute atomic E-state index is 0.247. The fourth-order valence-electron chi connectivity index (χ4n) is 2.88. The average Bonchev–Trinajstić information content (AvgIpc) is 3.16. The third-order valence-corrected chi connectivity index (χ3v) is 5.64. The molecule has 0 spiro atoms. The van der Waals surface area contributed by atoms with Gasteiger partial charge in [0, 0.05) is 4.88 Å². The molecule has 2 amide bonds. The lowest BCUT2D eigenvalue weighted by Gasteiger charge is -2.15. The molecule has 8 heteroatoms. The van der Waals surface area contributed by atoms with Crippen molar-refractivity contribution in [3.63, 3.8) is 0 Å². The van der Waals surface area contributed by atoms with Crippen LogP contribution in [0, 0.1) is 11.3 Å². The van der Waals surface area contributed by atoms with Gasteiger partial charge in [-0.2, -0.15) is 5.26 Å². The van der Waals surface area contributed by atoms with E-state index in [0.717, 1.165) is 29.7 Å². The number of hydrogen-bond donors (Lipinski definition) is 2. The normalized spacial score (nSPS) is 13.6. The van der Waals surface area contributed by atoms with Crippen LogP contribution in [0.1, 0.15) is 39.7 Å². The van der Waals surface area contributed by atoms with Crippen LogP contribution in [0.5, 0.6) is 5.75 Å². The molecule has 1 atom stereocenters. The maximum Gasteiger partial charge on any atom is 0.265 e. The number of thiophene rings is 1. The van der Waals surface area contributed by atoms with E-state index in [1.165, 1.54) is 17.4 Å². The predicted octanol–water partition coefficient (Wildman–Crippen LogP) is 3.27. The molecule has 0 bridgehead atoms. The molecular weight excluding hydrogens is 374 g/mol. The molecule has 0 saturated heterocycles. The zero-order chi connectivity index (χ0) is 18.8. The van der Waals surface area contributed by atoms with Gasteiger partial charge in [0.1, 0.15) is 10.8 Å². The number of carbonyl (C=O) groups excluding carboxylic acids is 2. The highest BCUT2D eigenvalue weighted by molar-refractivity contribution is 7.17. The Morgan fingerprint density at radius 2 is 2.19 bits per heavy atom. The van der Waals surface area contributed by atoms with E-state index < -0.39 is 17.9 Å². The third-order valence-electron chi connectivity index (χ3n) is 4.14. The molecule has 2 aromatic rings. The number of ether oxygens (including phenoxy) is 1. The number of nitrogens with two attached hydrogens (primary N) is 1. The van der Waals surface area contributed by atoms with E-state index >= 15 is 0 Å². The number of nitrogens with zero attached hydrogens (tertiary/aromatic N) is 1. The van der Waals surface area contributed by atoms with Crippen LogP contribution < -0.4 is 15.8 Å². The summed E-state index contributed by atoms with van der Waals surface area (Å²) in [5.41, 5.74) is 7.25. The Hall–Kier alpha value is -2.56. The van der Waals surface area contributed by atoms with Crippen molar-refractivity contribution >= 4 is 39.8 Å². The van der Waals surface area contributed by atoms with Crippen molar-refractivity contribution in [3.8, 4) is 11.8 Å². The monoisotopic (exact) mass is 389 g/mol. The molecule has 134 valence electrons. The van der Waals surface area contributed by atoms with Gasteiger partial charge in [-0.25, -0.2) is 0 Å². The van der Waals surface area contributed by atoms with E-state index in [9.17, 15) is 9.59 Å². The average molecular weight is 390 g/mol. The summed E-state index contributed by atoms with van der Waals surface area (Å²) in [7, 11) is 0. The maximum absolute atomic E-state index is 12.5. The lowest BCUT2D eigenvalue weighted by Crippen LogP contribution is -2.30. The molecule has 1 aliphatic rings. The van der Waals surface area contributed by atoms with Crippen LogP contribution in [0.3, 0.4) is 0 Å². The quantitative estimate of drug-likeness (QED) is 0.818. The fraction of sp³-hybridized carbons (Fsp3) is 0.278. The van der Waals surface area contributed by atoms with Crippen molar-refractivity contribution in [2.75, 3.05) is 5.32 Å². The Morgan fingerprint density at radius 3 is 2.85 bits per heavy atom. The molecule has 1 aliphatic carbocycles. The minimum Gasteiger partial charge on any atom is -0.479 e. The van der Waals surface area contributed by atoms with Crippen molar-refractivity contribution in [1.82, 2.24) is 0 Å². The second-order valence-corrected chi connectivity index (χ2v) is 7.44. The number of halogens is 1. The first kappa shape index (κ1) is 18.2. The lowest BCUT2D eigenvalue weighted by molar-refractivity contribution is -0.122. The molecule has 0 radical (unpaired) electrons. The SMILES string of the molecule is C[C@H](Oc1ccc(C#N)cc1Cl)C(=O)Nc1sc2c(c1C(N)=O)CCC2. The highest BCUT2D eigenvalue weighted by Gasteiger charge is 2.27. The molecule has 3 rings (SSSR count). The van der Waals surface area contributed by atoms with Gasteiger partial charge in [0.05, 0.1) is 22.2 Å². The van der Waals surface area contributed by atoms with E-state index in [2.05, 4.69) is 5.32 Å². The molecule has 1 aromatic heterocycles. The molecule has 0 fully saturated rings. The maximum atomic E-state index is 12.5. The number of aryl methyl sites for hydroxylation is 1. The second kappa shape index (κ2) is 7.36. The first-order valence-electron chi connectivity index (χ1n) is 8.02. The predicted molar refractivity (Wildman–Crippen MR) is 99.7 cm³/mol. The van der Waals surface area contributed by atoms with Gasteiger partial charge in [-0.3, -0.25) is 9.59 Å². The molecule has 3 N–H and O–H groups in total. The van der Waals surface area contributed by atoms with Crippen LogP contribution in [-0.4, -0.2) is 17.9 Å². The van der Waals surface area contributed by atoms with Crippen molar-refractivity contribution in [2.24, 2.45) is 5.73 Å². The fourth-order valence-corrected chi connectivity index (χ4v) is 4.40. The standard InChI is InChI=1S/C18H16ClN3O3S/c1-9(25-13-6-5-10(8-20)7-12(13)19)17(24)22-18-15(16(21)23)11-3-2-4-14(11)26-18/h5-7,9H,2-4H2,1H3,(H2,21,23)(H,22,24)/t9-/m0/s1. The molecular formula is C18H16ClN3O3S. The van der Waals surface area contributed by atoms with Crippen molar-refractivity contribution < 1.29 is 14.3 Å². The summed E-state index contributed by atoms with van der Waals surface area (Å²) < 4.78 is 5.59. The summed E-state index contributed by atoms with van der Waals surface area (Å²) in [4.78, 5) is 25.4. The third kappa shape index (κ3) is 3.52. The van der Waals surface area contributed by atoms with Gasteiger partial charge in [0.25, 0.3) is 11.8 Å². The Kier molecular flexibility index (Phi) is 5.16. The van der Waals surface area contributed by atoms with Crippen LogP contribution in [-0.2, 0) is 17.6 Å². The Labute approximate surface area is 159 Å². The lowest BCUT2D eigenvalue weighted by atomic mass is 10.1. The number of fused-ring (bicyclic) bond motifs is 1. The summed E-state index contributed by atoms with van der Waals surface area (Å²) in [6.07, 6.45) is 1.83. The van der Waals surface area contributed by atoms with E-state index in [1.54, 1.807) is 19.1 Å². The number of rotatable bonds is 5. The number of nitrogens with one attached hydrogen (secondary N) is 1. The van der Waals surface area contributed by atoms with Gasteiger partial charge in [0.15, 0.2) is 6.10 Å². The van der Waals surface area contributed by atoms with E-state index in [4.69, 9.17) is 27.3 Å². The molecule has 6 nitrogen and oxygen atoms in total. The van der Waals surface area contributed by atoms with Gasteiger partial charge in [-0.1, -0.05) is 11.6 Å². The molecule has 1 aromatic carbocycles. The zero-order valence-corrected chi connectivity index (χ0v) is 15.5. The smallest absolute Gasteiger partial charge is 0.265 e. The van der Waals surface area contributed by atoms with E-state index in [0.29, 0.717) is 21.9 Å². The topological polar surface area (TPSA) is 105 Å². The molecule has 0 saturated carbocycles. The van der Waals surface area contributed by atoms with Crippen LogP contribution >= 0.6 is 22.9 Å². The number of anilines is 1. The minimum atomic E-state index is -0.849. The van der Waals surface area contributed by atoms with Gasteiger partial charge in [-0.05, 0) is 49.9 Å². The molecule has 0 aliphatic heterocycles. The highest BCUT2D eigenvalue weighted by Crippen LogP contribution is 2.39. The number of benzene rings is 1. The summed E-state index contributed by atoms with van der Waals surface area (Å²) in [6, 6.07) is 6.54. The van der Waals surface area contributed by atoms with Crippen molar-refractivity contribution in [3.05, 3.63) is 44.8 Å². The first-order chi connectivity index (χ1) is 12.4. The number of nitriles is 1. The highest BCUT2D eigenvalue weighted by atomic mass is 35.5. The van der Waals surface area contributed by atoms with E-state index in [1.807, 2.05) is 6.07 Å². The van der Waals surface area contributed by atoms with Crippen molar-refractivity contribution in [1.29, 1.82) is 5.26 Å². The number of primary amides is 1. The van der Waals surface area contributed by atoms with Gasteiger partial charge < -0.3 is 15.8 Å². The first-order valence-corrected chi connectivity index (χ1v) is 9.21. The van der Waals surface area contributed by atoms with E-state index in [-0.39, 0.29) is 5.02 Å². The number of amides is 2. The Bertz CT molecular complexity index is 932. The Balaban J connectivity index is 1.75. The van der Waals surface area contributed by atoms with Crippen LogP contribution in [0.25, 0.3) is 0 Å². The second-order valence-electron chi connectivity index (χ2n) is 5.93. The van der Waals surface area contributed by atoms with Gasteiger partial charge >= 0.3 is 0 Å². The number of carbonyl (C=O) groups is 2. The molecule has 26 heavy (non-hydrogen) atoms. The summed E-state index contributed by atoms with van der Waals surface area (Å²) in [5.74, 6) is -0.645. The Morgan fingerprint density at radius 1 is 1.42 bits per heavy atom. The van der Waals surface area contributed by atoms with Gasteiger partial charge in [0.2, 0.25) is 0 Å².